The first-order valence-electron chi connectivity index (χ1n) is 6.37. The van der Waals surface area contributed by atoms with E-state index in [1.807, 2.05) is 24.3 Å². The van der Waals surface area contributed by atoms with E-state index in [1.54, 1.807) is 36.3 Å². The number of benzene rings is 2. The topological polar surface area (TPSA) is 36.3 Å². The highest BCUT2D eigenvalue weighted by Gasteiger charge is 2.04. The molecule has 0 N–H and O–H groups in total. The first-order chi connectivity index (χ1) is 10.2. The van der Waals surface area contributed by atoms with E-state index in [4.69, 9.17) is 9.47 Å². The maximum atomic E-state index is 12.8. The maximum absolute atomic E-state index is 12.8. The smallest absolute Gasteiger partial charge is 0.165 e. The summed E-state index contributed by atoms with van der Waals surface area (Å²) in [4.78, 5) is 0. The highest BCUT2D eigenvalue weighted by atomic mass is 19.1. The Labute approximate surface area is 121 Å². The summed E-state index contributed by atoms with van der Waals surface area (Å²) >= 11 is 0. The Balaban J connectivity index is 1.81. The summed E-state index contributed by atoms with van der Waals surface area (Å²) in [6.45, 7) is 0. The van der Waals surface area contributed by atoms with Crippen molar-refractivity contribution >= 4 is 0 Å². The molecule has 0 spiro atoms. The summed E-state index contributed by atoms with van der Waals surface area (Å²) < 4.78 is 25.3. The zero-order valence-corrected chi connectivity index (χ0v) is 11.4. The lowest BCUT2D eigenvalue weighted by atomic mass is 10.3. The fraction of sp³-hybridized carbons (Fsp3) is 0.0625. The lowest BCUT2D eigenvalue weighted by Gasteiger charge is -2.04. The third-order valence-electron chi connectivity index (χ3n) is 2.93. The van der Waals surface area contributed by atoms with E-state index in [0.717, 1.165) is 11.4 Å². The van der Waals surface area contributed by atoms with Gasteiger partial charge in [0, 0.05) is 6.07 Å². The number of rotatable bonds is 4. The average molecular weight is 284 g/mol. The van der Waals surface area contributed by atoms with Gasteiger partial charge in [-0.3, -0.25) is 0 Å². The second kappa shape index (κ2) is 5.66. The molecule has 0 radical (unpaired) electrons. The van der Waals surface area contributed by atoms with Gasteiger partial charge in [-0.2, -0.15) is 5.10 Å². The van der Waals surface area contributed by atoms with Gasteiger partial charge >= 0.3 is 0 Å². The normalized spacial score (nSPS) is 10.4. The van der Waals surface area contributed by atoms with Crippen molar-refractivity contribution in [2.45, 2.75) is 0 Å². The molecule has 3 rings (SSSR count). The van der Waals surface area contributed by atoms with E-state index in [-0.39, 0.29) is 5.82 Å². The Bertz CT molecular complexity index is 738. The van der Waals surface area contributed by atoms with E-state index in [2.05, 4.69) is 5.10 Å². The van der Waals surface area contributed by atoms with E-state index in [9.17, 15) is 4.39 Å². The van der Waals surface area contributed by atoms with Gasteiger partial charge in [0.15, 0.2) is 5.75 Å². The zero-order valence-electron chi connectivity index (χ0n) is 11.4. The molecule has 106 valence electrons. The number of halogens is 1. The van der Waals surface area contributed by atoms with Crippen LogP contribution in [-0.2, 0) is 0 Å². The summed E-state index contributed by atoms with van der Waals surface area (Å²) in [6, 6.07) is 13.4. The second-order valence-corrected chi connectivity index (χ2v) is 4.38. The molecule has 0 saturated carbocycles. The molecule has 0 atom stereocenters. The molecular weight excluding hydrogens is 271 g/mol. The molecule has 0 amide bonds. The van der Waals surface area contributed by atoms with Crippen molar-refractivity contribution in [1.29, 1.82) is 0 Å². The van der Waals surface area contributed by atoms with Gasteiger partial charge in [-0.15, -0.1) is 0 Å². The molecule has 0 bridgehead atoms. The van der Waals surface area contributed by atoms with Crippen LogP contribution in [0.25, 0.3) is 5.69 Å². The van der Waals surface area contributed by atoms with Crippen LogP contribution in [0, 0.1) is 5.82 Å². The largest absolute Gasteiger partial charge is 0.497 e. The van der Waals surface area contributed by atoms with Gasteiger partial charge in [-0.05, 0) is 36.4 Å². The van der Waals surface area contributed by atoms with Crippen molar-refractivity contribution in [1.82, 2.24) is 9.78 Å². The van der Waals surface area contributed by atoms with Crippen molar-refractivity contribution in [3.8, 4) is 22.9 Å². The van der Waals surface area contributed by atoms with E-state index in [0.29, 0.717) is 11.5 Å². The highest BCUT2D eigenvalue weighted by Crippen LogP contribution is 2.23. The minimum Gasteiger partial charge on any atom is -0.497 e. The Kier molecular flexibility index (Phi) is 3.55. The number of hydrogen-bond acceptors (Lipinski definition) is 3. The molecule has 0 aliphatic rings. The molecular formula is C16H13FN2O2. The van der Waals surface area contributed by atoms with Crippen LogP contribution >= 0.6 is 0 Å². The lowest BCUT2D eigenvalue weighted by molar-refractivity contribution is 0.414. The van der Waals surface area contributed by atoms with Crippen molar-refractivity contribution in [2.75, 3.05) is 7.11 Å². The van der Waals surface area contributed by atoms with Crippen molar-refractivity contribution < 1.29 is 13.9 Å². The molecule has 21 heavy (non-hydrogen) atoms. The van der Waals surface area contributed by atoms with Gasteiger partial charge in [0.1, 0.15) is 17.3 Å². The number of aromatic nitrogens is 2. The summed E-state index contributed by atoms with van der Waals surface area (Å²) in [5, 5.41) is 4.24. The van der Waals surface area contributed by atoms with Crippen LogP contribution in [0.5, 0.6) is 17.2 Å². The van der Waals surface area contributed by atoms with Crippen LogP contribution in [0.3, 0.4) is 0 Å². The van der Waals surface area contributed by atoms with E-state index in [1.165, 1.54) is 12.1 Å². The zero-order chi connectivity index (χ0) is 14.7. The standard InChI is InChI=1S/C16H13FN2O2/c1-20-15-4-2-3-13(9-15)19-11-16(10-18-19)21-14-7-5-12(17)6-8-14/h2-11H,1H3. The lowest BCUT2D eigenvalue weighted by Crippen LogP contribution is -1.94. The fourth-order valence-corrected chi connectivity index (χ4v) is 1.89. The van der Waals surface area contributed by atoms with Crippen LogP contribution < -0.4 is 9.47 Å². The van der Waals surface area contributed by atoms with Gasteiger partial charge in [0.05, 0.1) is 25.2 Å². The second-order valence-electron chi connectivity index (χ2n) is 4.38. The van der Waals surface area contributed by atoms with Crippen LogP contribution in [0.2, 0.25) is 0 Å². The summed E-state index contributed by atoms with van der Waals surface area (Å²) in [5.41, 5.74) is 0.864. The number of nitrogens with zero attached hydrogens (tertiary/aromatic N) is 2. The van der Waals surface area contributed by atoms with Crippen LogP contribution in [0.1, 0.15) is 0 Å². The third kappa shape index (κ3) is 3.02. The quantitative estimate of drug-likeness (QED) is 0.731. The van der Waals surface area contributed by atoms with Gasteiger partial charge in [-0.25, -0.2) is 9.07 Å². The molecule has 0 aliphatic heterocycles. The van der Waals surface area contributed by atoms with Crippen LogP contribution in [-0.4, -0.2) is 16.9 Å². The summed E-state index contributed by atoms with van der Waals surface area (Å²) in [5.74, 6) is 1.59. The Morgan fingerprint density at radius 3 is 2.57 bits per heavy atom. The molecule has 1 aromatic heterocycles. The first kappa shape index (κ1) is 13.2. The monoisotopic (exact) mass is 284 g/mol. The molecule has 0 unspecified atom stereocenters. The average Bonchev–Trinajstić information content (AvgIpc) is 2.98. The van der Waals surface area contributed by atoms with Gasteiger partial charge in [-0.1, -0.05) is 6.07 Å². The molecule has 5 heteroatoms. The minimum absolute atomic E-state index is 0.297. The molecule has 0 fully saturated rings. The molecule has 1 heterocycles. The van der Waals surface area contributed by atoms with E-state index >= 15 is 0 Å². The Morgan fingerprint density at radius 1 is 1.00 bits per heavy atom. The number of ether oxygens (including phenoxy) is 2. The molecule has 0 saturated heterocycles. The highest BCUT2D eigenvalue weighted by molar-refractivity contribution is 5.40. The van der Waals surface area contributed by atoms with E-state index < -0.39 is 0 Å². The Morgan fingerprint density at radius 2 is 1.81 bits per heavy atom. The van der Waals surface area contributed by atoms with Gasteiger partial charge < -0.3 is 9.47 Å². The molecule has 0 aliphatic carbocycles. The van der Waals surface area contributed by atoms with Crippen LogP contribution in [0.15, 0.2) is 60.9 Å². The molecule has 3 aromatic rings. The van der Waals surface area contributed by atoms with Crippen molar-refractivity contribution in [3.63, 3.8) is 0 Å². The van der Waals surface area contributed by atoms with Gasteiger partial charge in [0.2, 0.25) is 0 Å². The number of hydrogen-bond donors (Lipinski definition) is 0. The maximum Gasteiger partial charge on any atom is 0.165 e. The molecule has 2 aromatic carbocycles. The fourth-order valence-electron chi connectivity index (χ4n) is 1.89. The molecule has 4 nitrogen and oxygen atoms in total. The summed E-state index contributed by atoms with van der Waals surface area (Å²) in [7, 11) is 1.62. The first-order valence-corrected chi connectivity index (χ1v) is 6.37. The Hall–Kier alpha value is -2.82. The summed E-state index contributed by atoms with van der Waals surface area (Å²) in [6.07, 6.45) is 3.35. The third-order valence-corrected chi connectivity index (χ3v) is 2.93. The minimum atomic E-state index is -0.297. The predicted octanol–water partition coefficient (Wildman–Crippen LogP) is 3.81. The van der Waals surface area contributed by atoms with Crippen molar-refractivity contribution in [2.24, 2.45) is 0 Å². The number of methoxy groups -OCH3 is 1. The predicted molar refractivity (Wildman–Crippen MR) is 76.6 cm³/mol. The van der Waals surface area contributed by atoms with Crippen LogP contribution in [0.4, 0.5) is 4.39 Å². The van der Waals surface area contributed by atoms with Crippen molar-refractivity contribution in [3.05, 3.63) is 66.7 Å². The van der Waals surface area contributed by atoms with Gasteiger partial charge in [0.25, 0.3) is 0 Å². The SMILES string of the molecule is COc1cccc(-n2cc(Oc3ccc(F)cc3)cn2)c1.